The molecule has 0 bridgehead atoms. The molecule has 18 heavy (non-hydrogen) atoms. The Balaban J connectivity index is 2.20. The van der Waals surface area contributed by atoms with Crippen LogP contribution < -0.4 is 10.5 Å². The summed E-state index contributed by atoms with van der Waals surface area (Å²) >= 11 is 0. The van der Waals surface area contributed by atoms with Crippen molar-refractivity contribution in [2.45, 2.75) is 31.7 Å². The molecule has 1 aromatic carbocycles. The van der Waals surface area contributed by atoms with Gasteiger partial charge in [0.15, 0.2) is 0 Å². The van der Waals surface area contributed by atoms with Crippen molar-refractivity contribution in [3.63, 3.8) is 0 Å². The van der Waals surface area contributed by atoms with E-state index in [4.69, 9.17) is 5.73 Å². The van der Waals surface area contributed by atoms with Crippen LogP contribution in [0, 0.1) is 11.7 Å². The van der Waals surface area contributed by atoms with Crippen LogP contribution in [0.25, 0.3) is 0 Å². The molecule has 2 rings (SSSR count). The Morgan fingerprint density at radius 1 is 1.28 bits per heavy atom. The number of alkyl halides is 3. The van der Waals surface area contributed by atoms with Crippen LogP contribution in [-0.4, -0.2) is 6.36 Å². The lowest BCUT2D eigenvalue weighted by Gasteiger charge is -2.31. The first-order valence-electron chi connectivity index (χ1n) is 5.67. The predicted octanol–water partition coefficient (Wildman–Crippen LogP) is 3.52. The van der Waals surface area contributed by atoms with Gasteiger partial charge in [0.1, 0.15) is 11.6 Å². The molecule has 0 radical (unpaired) electrons. The van der Waals surface area contributed by atoms with Crippen LogP contribution in [0.15, 0.2) is 18.2 Å². The van der Waals surface area contributed by atoms with Gasteiger partial charge in [-0.15, -0.1) is 13.2 Å². The Labute approximate surface area is 102 Å². The zero-order valence-electron chi connectivity index (χ0n) is 9.51. The molecule has 2 nitrogen and oxygen atoms in total. The molecule has 2 N–H and O–H groups in total. The summed E-state index contributed by atoms with van der Waals surface area (Å²) in [5, 5.41) is 0. The van der Waals surface area contributed by atoms with Gasteiger partial charge in [0.2, 0.25) is 0 Å². The van der Waals surface area contributed by atoms with Crippen molar-refractivity contribution < 1.29 is 22.3 Å². The summed E-state index contributed by atoms with van der Waals surface area (Å²) in [5.74, 6) is -0.891. The first-order valence-corrected chi connectivity index (χ1v) is 5.67. The molecule has 0 aliphatic heterocycles. The number of ether oxygens (including phenoxy) is 1. The molecule has 1 fully saturated rings. The molecule has 0 saturated heterocycles. The average Bonchev–Trinajstić information content (AvgIpc) is 2.16. The topological polar surface area (TPSA) is 35.2 Å². The highest BCUT2D eigenvalue weighted by atomic mass is 19.4. The molecule has 1 saturated carbocycles. The SMILES string of the molecule is N[C@H](c1cc(OC(F)(F)F)ccc1F)C1CCC1. The lowest BCUT2D eigenvalue weighted by molar-refractivity contribution is -0.274. The number of halogens is 4. The quantitative estimate of drug-likeness (QED) is 0.847. The molecule has 1 aromatic rings. The molecular formula is C12H13F4NO. The van der Waals surface area contributed by atoms with Crippen LogP contribution in [0.3, 0.4) is 0 Å². The van der Waals surface area contributed by atoms with E-state index in [1.165, 1.54) is 0 Å². The first kappa shape index (κ1) is 13.1. The molecule has 0 unspecified atom stereocenters. The van der Waals surface area contributed by atoms with Gasteiger partial charge in [0.25, 0.3) is 0 Å². The molecule has 100 valence electrons. The molecule has 0 amide bonds. The normalized spacial score (nSPS) is 18.3. The van der Waals surface area contributed by atoms with Gasteiger partial charge in [-0.05, 0) is 37.0 Å². The number of hydrogen-bond donors (Lipinski definition) is 1. The Bertz CT molecular complexity index is 429. The molecule has 6 heteroatoms. The standard InChI is InChI=1S/C12H13F4NO/c13-10-5-4-8(18-12(14,15)16)6-9(10)11(17)7-2-1-3-7/h4-7,11H,1-3,17H2/t11-/m0/s1. The fourth-order valence-electron chi connectivity index (χ4n) is 2.03. The van der Waals surface area contributed by atoms with E-state index in [1.54, 1.807) is 0 Å². The average molecular weight is 263 g/mol. The monoisotopic (exact) mass is 263 g/mol. The second kappa shape index (κ2) is 4.76. The number of hydrogen-bond acceptors (Lipinski definition) is 2. The molecule has 1 aliphatic carbocycles. The highest BCUT2D eigenvalue weighted by molar-refractivity contribution is 5.32. The van der Waals surface area contributed by atoms with E-state index >= 15 is 0 Å². The fourth-order valence-corrected chi connectivity index (χ4v) is 2.03. The van der Waals surface area contributed by atoms with Crippen LogP contribution in [0.2, 0.25) is 0 Å². The smallest absolute Gasteiger partial charge is 0.406 e. The Hall–Kier alpha value is -1.30. The van der Waals surface area contributed by atoms with Crippen LogP contribution in [0.1, 0.15) is 30.9 Å². The van der Waals surface area contributed by atoms with Crippen LogP contribution in [0.4, 0.5) is 17.6 Å². The molecule has 0 aromatic heterocycles. The summed E-state index contributed by atoms with van der Waals surface area (Å²) in [7, 11) is 0. The minimum atomic E-state index is -4.78. The maximum Gasteiger partial charge on any atom is 0.573 e. The molecular weight excluding hydrogens is 250 g/mol. The minimum absolute atomic E-state index is 0.0847. The van der Waals surface area contributed by atoms with E-state index in [0.717, 1.165) is 37.5 Å². The Morgan fingerprint density at radius 3 is 2.44 bits per heavy atom. The summed E-state index contributed by atoms with van der Waals surface area (Å²) in [6.07, 6.45) is -2.00. The lowest BCUT2D eigenvalue weighted by atomic mass is 9.77. The molecule has 1 atom stereocenters. The van der Waals surface area contributed by atoms with E-state index in [0.29, 0.717) is 0 Å². The van der Waals surface area contributed by atoms with Gasteiger partial charge in [0, 0.05) is 11.6 Å². The highest BCUT2D eigenvalue weighted by Gasteiger charge is 2.32. The zero-order valence-corrected chi connectivity index (χ0v) is 9.51. The van der Waals surface area contributed by atoms with Gasteiger partial charge in [-0.1, -0.05) is 6.42 Å². The van der Waals surface area contributed by atoms with Gasteiger partial charge in [-0.25, -0.2) is 4.39 Å². The zero-order chi connectivity index (χ0) is 13.3. The highest BCUT2D eigenvalue weighted by Crippen LogP contribution is 2.38. The van der Waals surface area contributed by atoms with E-state index in [9.17, 15) is 17.6 Å². The van der Waals surface area contributed by atoms with Crippen molar-refractivity contribution in [2.24, 2.45) is 11.7 Å². The maximum atomic E-state index is 13.6. The summed E-state index contributed by atoms with van der Waals surface area (Å²) in [5.41, 5.74) is 5.94. The van der Waals surface area contributed by atoms with Crippen molar-refractivity contribution in [2.75, 3.05) is 0 Å². The molecule has 1 aliphatic rings. The van der Waals surface area contributed by atoms with Crippen LogP contribution in [0.5, 0.6) is 5.75 Å². The van der Waals surface area contributed by atoms with Gasteiger partial charge >= 0.3 is 6.36 Å². The first-order chi connectivity index (χ1) is 8.37. The van der Waals surface area contributed by atoms with E-state index < -0.39 is 24.0 Å². The maximum absolute atomic E-state index is 13.6. The summed E-state index contributed by atoms with van der Waals surface area (Å²) in [6, 6.07) is 2.36. The largest absolute Gasteiger partial charge is 0.573 e. The van der Waals surface area contributed by atoms with Crippen molar-refractivity contribution in [3.05, 3.63) is 29.6 Å². The summed E-state index contributed by atoms with van der Waals surface area (Å²) in [6.45, 7) is 0. The third kappa shape index (κ3) is 2.93. The van der Waals surface area contributed by atoms with Crippen molar-refractivity contribution >= 4 is 0 Å². The third-order valence-electron chi connectivity index (χ3n) is 3.22. The third-order valence-corrected chi connectivity index (χ3v) is 3.22. The van der Waals surface area contributed by atoms with Crippen LogP contribution in [-0.2, 0) is 0 Å². The lowest BCUT2D eigenvalue weighted by Crippen LogP contribution is -2.27. The van der Waals surface area contributed by atoms with Crippen molar-refractivity contribution in [3.8, 4) is 5.75 Å². The molecule has 0 heterocycles. The second-order valence-corrected chi connectivity index (χ2v) is 4.45. The van der Waals surface area contributed by atoms with Crippen molar-refractivity contribution in [1.29, 1.82) is 0 Å². The van der Waals surface area contributed by atoms with E-state index in [-0.39, 0.29) is 11.5 Å². The Morgan fingerprint density at radius 2 is 1.94 bits per heavy atom. The molecule has 0 spiro atoms. The fraction of sp³-hybridized carbons (Fsp3) is 0.500. The Kier molecular flexibility index (Phi) is 3.47. The van der Waals surface area contributed by atoms with E-state index in [1.807, 2.05) is 0 Å². The van der Waals surface area contributed by atoms with E-state index in [2.05, 4.69) is 4.74 Å². The van der Waals surface area contributed by atoms with Crippen molar-refractivity contribution in [1.82, 2.24) is 0 Å². The van der Waals surface area contributed by atoms with Crippen LogP contribution >= 0.6 is 0 Å². The van der Waals surface area contributed by atoms with Gasteiger partial charge < -0.3 is 10.5 Å². The minimum Gasteiger partial charge on any atom is -0.406 e. The number of rotatable bonds is 3. The second-order valence-electron chi connectivity index (χ2n) is 4.45. The van der Waals surface area contributed by atoms with Gasteiger partial charge in [0.05, 0.1) is 0 Å². The summed E-state index contributed by atoms with van der Waals surface area (Å²) in [4.78, 5) is 0. The van der Waals surface area contributed by atoms with Gasteiger partial charge in [-0.3, -0.25) is 0 Å². The number of benzene rings is 1. The summed E-state index contributed by atoms with van der Waals surface area (Å²) < 4.78 is 53.5. The van der Waals surface area contributed by atoms with Gasteiger partial charge in [-0.2, -0.15) is 0 Å². The predicted molar refractivity (Wildman–Crippen MR) is 57.4 cm³/mol. The number of nitrogens with two attached hydrogens (primary N) is 1.